The fourth-order valence-corrected chi connectivity index (χ4v) is 3.05. The lowest BCUT2D eigenvalue weighted by Gasteiger charge is -2.03. The number of carboxylic acids is 1. The number of carbonyl (C=O) groups is 1. The highest BCUT2D eigenvalue weighted by Crippen LogP contribution is 2.27. The summed E-state index contributed by atoms with van der Waals surface area (Å²) in [6, 6.07) is 10.3. The van der Waals surface area contributed by atoms with E-state index in [1.54, 1.807) is 12.1 Å². The van der Waals surface area contributed by atoms with Crippen molar-refractivity contribution in [2.75, 3.05) is 5.75 Å². The van der Waals surface area contributed by atoms with E-state index in [0.717, 1.165) is 21.4 Å². The summed E-state index contributed by atoms with van der Waals surface area (Å²) in [6.45, 7) is 0. The number of rotatable bonds is 2. The predicted molar refractivity (Wildman–Crippen MR) is 76.0 cm³/mol. The van der Waals surface area contributed by atoms with Crippen molar-refractivity contribution < 1.29 is 15.0 Å². The Labute approximate surface area is 113 Å². The van der Waals surface area contributed by atoms with Crippen LogP contribution in [0.3, 0.4) is 0 Å². The molecule has 1 aliphatic rings. The SMILES string of the molecule is O=C(O)[C@@H]1CSC(c2ccc3cc(O)ccc3c2)=N1. The predicted octanol–water partition coefficient (Wildman–Crippen LogP) is 2.49. The number of benzene rings is 2. The summed E-state index contributed by atoms with van der Waals surface area (Å²) in [5.74, 6) is -0.162. The molecule has 96 valence electrons. The summed E-state index contributed by atoms with van der Waals surface area (Å²) in [4.78, 5) is 15.1. The number of phenolic OH excluding ortho intramolecular Hbond substituents is 1. The Morgan fingerprint density at radius 3 is 2.68 bits per heavy atom. The van der Waals surface area contributed by atoms with Crippen LogP contribution in [0.4, 0.5) is 0 Å². The van der Waals surface area contributed by atoms with Crippen LogP contribution >= 0.6 is 11.8 Å². The molecule has 0 spiro atoms. The topological polar surface area (TPSA) is 69.9 Å². The zero-order valence-corrected chi connectivity index (χ0v) is 10.7. The first-order valence-electron chi connectivity index (χ1n) is 5.80. The van der Waals surface area contributed by atoms with Crippen LogP contribution < -0.4 is 0 Å². The van der Waals surface area contributed by atoms with Crippen LogP contribution in [0.25, 0.3) is 10.8 Å². The Hall–Kier alpha value is -2.01. The fraction of sp³-hybridized carbons (Fsp3) is 0.143. The Bertz CT molecular complexity index is 696. The monoisotopic (exact) mass is 273 g/mol. The number of phenols is 1. The smallest absolute Gasteiger partial charge is 0.329 e. The molecule has 0 amide bonds. The van der Waals surface area contributed by atoms with Gasteiger partial charge >= 0.3 is 5.97 Å². The second-order valence-corrected chi connectivity index (χ2v) is 5.35. The maximum absolute atomic E-state index is 10.9. The van der Waals surface area contributed by atoms with Gasteiger partial charge in [-0.25, -0.2) is 4.79 Å². The highest BCUT2D eigenvalue weighted by atomic mass is 32.2. The van der Waals surface area contributed by atoms with Gasteiger partial charge in [0.05, 0.1) is 5.04 Å². The van der Waals surface area contributed by atoms with Gasteiger partial charge in [-0.15, -0.1) is 11.8 Å². The van der Waals surface area contributed by atoms with Crippen molar-refractivity contribution in [2.24, 2.45) is 4.99 Å². The number of fused-ring (bicyclic) bond motifs is 1. The molecule has 0 aromatic heterocycles. The zero-order valence-electron chi connectivity index (χ0n) is 9.91. The van der Waals surface area contributed by atoms with Crippen LogP contribution in [0.5, 0.6) is 5.75 Å². The van der Waals surface area contributed by atoms with E-state index in [4.69, 9.17) is 5.11 Å². The fourth-order valence-electron chi connectivity index (χ4n) is 2.02. The molecule has 0 aliphatic carbocycles. The Morgan fingerprint density at radius 2 is 1.95 bits per heavy atom. The van der Waals surface area contributed by atoms with E-state index in [2.05, 4.69) is 4.99 Å². The maximum Gasteiger partial charge on any atom is 0.329 e. The third-order valence-corrected chi connectivity index (χ3v) is 4.10. The summed E-state index contributed by atoms with van der Waals surface area (Å²) in [6.07, 6.45) is 0. The number of hydrogen-bond acceptors (Lipinski definition) is 4. The van der Waals surface area contributed by atoms with Gasteiger partial charge in [0.2, 0.25) is 0 Å². The minimum Gasteiger partial charge on any atom is -0.508 e. The third-order valence-electron chi connectivity index (χ3n) is 3.01. The van der Waals surface area contributed by atoms with E-state index in [1.807, 2.05) is 24.3 Å². The highest BCUT2D eigenvalue weighted by Gasteiger charge is 2.25. The van der Waals surface area contributed by atoms with Crippen molar-refractivity contribution in [3.8, 4) is 5.75 Å². The van der Waals surface area contributed by atoms with Gasteiger partial charge in [-0.2, -0.15) is 0 Å². The van der Waals surface area contributed by atoms with Gasteiger partial charge in [0.15, 0.2) is 6.04 Å². The first-order valence-corrected chi connectivity index (χ1v) is 6.78. The Kier molecular flexibility index (Phi) is 2.91. The van der Waals surface area contributed by atoms with Crippen LogP contribution in [0.15, 0.2) is 41.4 Å². The number of thioether (sulfide) groups is 1. The average molecular weight is 273 g/mol. The molecule has 0 bridgehead atoms. The minimum absolute atomic E-state index is 0.235. The standard InChI is InChI=1S/C14H11NO3S/c16-11-4-3-8-5-10(2-1-9(8)6-11)13-15-12(7-19-13)14(17)18/h1-6,12,16H,7H2,(H,17,18)/t12-/m0/s1. The average Bonchev–Trinajstić information content (AvgIpc) is 2.88. The van der Waals surface area contributed by atoms with Gasteiger partial charge in [-0.05, 0) is 29.0 Å². The largest absolute Gasteiger partial charge is 0.508 e. The molecule has 5 heteroatoms. The molecule has 1 heterocycles. The number of aliphatic carboxylic acids is 1. The van der Waals surface area contributed by atoms with Crippen LogP contribution in [0, 0.1) is 0 Å². The third kappa shape index (κ3) is 2.29. The summed E-state index contributed by atoms with van der Waals surface area (Å²) in [7, 11) is 0. The van der Waals surface area contributed by atoms with Gasteiger partial charge in [-0.1, -0.05) is 18.2 Å². The zero-order chi connectivity index (χ0) is 13.4. The first kappa shape index (κ1) is 12.0. The lowest BCUT2D eigenvalue weighted by molar-refractivity contribution is -0.137. The van der Waals surface area contributed by atoms with E-state index in [-0.39, 0.29) is 5.75 Å². The minimum atomic E-state index is -0.881. The van der Waals surface area contributed by atoms with Crippen LogP contribution in [0.1, 0.15) is 5.56 Å². The van der Waals surface area contributed by atoms with Crippen LogP contribution in [-0.2, 0) is 4.79 Å². The molecule has 0 saturated carbocycles. The lowest BCUT2D eigenvalue weighted by Crippen LogP contribution is -2.17. The van der Waals surface area contributed by atoms with E-state index >= 15 is 0 Å². The molecule has 19 heavy (non-hydrogen) atoms. The molecule has 0 saturated heterocycles. The molecule has 0 radical (unpaired) electrons. The first-order chi connectivity index (χ1) is 9.13. The normalized spacial score (nSPS) is 18.5. The number of hydrogen-bond donors (Lipinski definition) is 2. The number of nitrogens with zero attached hydrogens (tertiary/aromatic N) is 1. The summed E-state index contributed by atoms with van der Waals surface area (Å²) < 4.78 is 0. The number of aliphatic imine (C=N–C) groups is 1. The van der Waals surface area contributed by atoms with Gasteiger partial charge in [0, 0.05) is 11.3 Å². The van der Waals surface area contributed by atoms with Gasteiger partial charge < -0.3 is 10.2 Å². The van der Waals surface area contributed by atoms with Crippen molar-refractivity contribution >= 4 is 33.5 Å². The quantitative estimate of drug-likeness (QED) is 0.882. The molecule has 2 N–H and O–H groups in total. The maximum atomic E-state index is 10.9. The van der Waals surface area contributed by atoms with Gasteiger partial charge in [-0.3, -0.25) is 4.99 Å². The van der Waals surface area contributed by atoms with Crippen molar-refractivity contribution in [1.29, 1.82) is 0 Å². The summed E-state index contributed by atoms with van der Waals surface area (Å²) >= 11 is 1.46. The second kappa shape index (κ2) is 4.59. The molecule has 4 nitrogen and oxygen atoms in total. The van der Waals surface area contributed by atoms with Crippen LogP contribution in [0.2, 0.25) is 0 Å². The molecule has 2 aromatic carbocycles. The number of carboxylic acid groups (broad SMARTS) is 1. The molecule has 3 rings (SSSR count). The molecular formula is C14H11NO3S. The van der Waals surface area contributed by atoms with Crippen molar-refractivity contribution in [3.05, 3.63) is 42.0 Å². The van der Waals surface area contributed by atoms with Gasteiger partial charge in [0.25, 0.3) is 0 Å². The Morgan fingerprint density at radius 1 is 1.21 bits per heavy atom. The summed E-state index contributed by atoms with van der Waals surface area (Å²) in [5, 5.41) is 21.1. The number of aromatic hydroxyl groups is 1. The van der Waals surface area contributed by atoms with E-state index < -0.39 is 12.0 Å². The van der Waals surface area contributed by atoms with E-state index in [1.165, 1.54) is 11.8 Å². The highest BCUT2D eigenvalue weighted by molar-refractivity contribution is 8.14. The summed E-state index contributed by atoms with van der Waals surface area (Å²) in [5.41, 5.74) is 0.923. The molecule has 1 atom stereocenters. The molecular weight excluding hydrogens is 262 g/mol. The Balaban J connectivity index is 2.00. The molecule has 0 unspecified atom stereocenters. The second-order valence-electron chi connectivity index (χ2n) is 4.35. The molecule has 2 aromatic rings. The van der Waals surface area contributed by atoms with Gasteiger partial charge in [0.1, 0.15) is 5.75 Å². The molecule has 1 aliphatic heterocycles. The van der Waals surface area contributed by atoms with Crippen LogP contribution in [-0.4, -0.2) is 33.0 Å². The van der Waals surface area contributed by atoms with Crippen molar-refractivity contribution in [1.82, 2.24) is 0 Å². The van der Waals surface area contributed by atoms with E-state index in [0.29, 0.717) is 5.75 Å². The van der Waals surface area contributed by atoms with Crippen molar-refractivity contribution in [3.63, 3.8) is 0 Å². The van der Waals surface area contributed by atoms with E-state index in [9.17, 15) is 9.90 Å². The lowest BCUT2D eigenvalue weighted by atomic mass is 10.1. The van der Waals surface area contributed by atoms with Crippen molar-refractivity contribution in [2.45, 2.75) is 6.04 Å². The molecule has 0 fully saturated rings.